The Labute approximate surface area is 115 Å². The van der Waals surface area contributed by atoms with E-state index in [1.807, 2.05) is 24.5 Å². The van der Waals surface area contributed by atoms with Crippen molar-refractivity contribution in [1.29, 1.82) is 0 Å². The Kier molecular flexibility index (Phi) is 2.49. The molecule has 0 unspecified atom stereocenters. The van der Waals surface area contributed by atoms with Gasteiger partial charge in [0.1, 0.15) is 17.3 Å². The van der Waals surface area contributed by atoms with Crippen molar-refractivity contribution < 1.29 is 9.13 Å². The normalized spacial score (nSPS) is 14.7. The molecule has 0 saturated heterocycles. The first-order chi connectivity index (χ1) is 9.79. The number of hydrogen-bond acceptors (Lipinski definition) is 2. The summed E-state index contributed by atoms with van der Waals surface area (Å²) in [6.07, 6.45) is 4.33. The summed E-state index contributed by atoms with van der Waals surface area (Å²) in [6.45, 7) is 0. The average molecular weight is 268 g/mol. The van der Waals surface area contributed by atoms with Crippen LogP contribution in [0, 0.1) is 5.82 Å². The molecule has 1 heterocycles. The molecule has 3 nitrogen and oxygen atoms in total. The van der Waals surface area contributed by atoms with Crippen LogP contribution in [-0.2, 0) is 0 Å². The highest BCUT2D eigenvalue weighted by atomic mass is 19.1. The van der Waals surface area contributed by atoms with Gasteiger partial charge in [0.2, 0.25) is 0 Å². The average Bonchev–Trinajstić information content (AvgIpc) is 3.22. The predicted octanol–water partition coefficient (Wildman–Crippen LogP) is 4.30. The summed E-state index contributed by atoms with van der Waals surface area (Å²) in [5, 5.41) is 0. The van der Waals surface area contributed by atoms with Gasteiger partial charge in [0, 0.05) is 12.1 Å². The Morgan fingerprint density at radius 3 is 2.55 bits per heavy atom. The molecule has 0 radical (unpaired) electrons. The van der Waals surface area contributed by atoms with Gasteiger partial charge >= 0.3 is 0 Å². The first-order valence-electron chi connectivity index (χ1n) is 6.69. The molecule has 1 aliphatic carbocycles. The summed E-state index contributed by atoms with van der Waals surface area (Å²) < 4.78 is 20.8. The zero-order valence-electron chi connectivity index (χ0n) is 10.8. The Balaban J connectivity index is 1.69. The minimum atomic E-state index is -0.264. The van der Waals surface area contributed by atoms with Gasteiger partial charge in [-0.2, -0.15) is 0 Å². The quantitative estimate of drug-likeness (QED) is 0.708. The van der Waals surface area contributed by atoms with Crippen molar-refractivity contribution in [3.8, 4) is 11.5 Å². The van der Waals surface area contributed by atoms with Crippen LogP contribution < -0.4 is 4.74 Å². The van der Waals surface area contributed by atoms with Crippen LogP contribution >= 0.6 is 0 Å². The molecule has 1 aliphatic rings. The van der Waals surface area contributed by atoms with Gasteiger partial charge in [-0.05, 0) is 49.2 Å². The molecule has 4 rings (SSSR count). The van der Waals surface area contributed by atoms with E-state index in [1.54, 1.807) is 12.1 Å². The van der Waals surface area contributed by atoms with E-state index >= 15 is 0 Å². The van der Waals surface area contributed by atoms with Crippen LogP contribution in [-0.4, -0.2) is 9.55 Å². The fraction of sp³-hybridized carbons (Fsp3) is 0.188. The first kappa shape index (κ1) is 11.5. The van der Waals surface area contributed by atoms with E-state index < -0.39 is 0 Å². The molecule has 0 N–H and O–H groups in total. The first-order valence-corrected chi connectivity index (χ1v) is 6.69. The van der Waals surface area contributed by atoms with Crippen molar-refractivity contribution in [2.24, 2.45) is 0 Å². The molecule has 0 amide bonds. The van der Waals surface area contributed by atoms with Gasteiger partial charge in [-0.25, -0.2) is 9.37 Å². The Morgan fingerprint density at radius 2 is 1.80 bits per heavy atom. The standard InChI is InChI=1S/C16H13FN2O/c17-11-1-5-13(6-2-11)20-14-7-8-15-16(9-14)19(10-18-15)12-3-4-12/h1-2,5-10,12H,3-4H2. The number of fused-ring (bicyclic) bond motifs is 1. The summed E-state index contributed by atoms with van der Waals surface area (Å²) in [5.41, 5.74) is 2.07. The second-order valence-electron chi connectivity index (χ2n) is 5.09. The number of benzene rings is 2. The zero-order valence-corrected chi connectivity index (χ0v) is 10.8. The molecule has 1 fully saturated rings. The lowest BCUT2D eigenvalue weighted by atomic mass is 10.3. The number of ether oxygens (including phenoxy) is 1. The van der Waals surface area contributed by atoms with Gasteiger partial charge in [-0.1, -0.05) is 0 Å². The minimum absolute atomic E-state index is 0.264. The van der Waals surface area contributed by atoms with Crippen molar-refractivity contribution in [1.82, 2.24) is 9.55 Å². The molecular weight excluding hydrogens is 255 g/mol. The smallest absolute Gasteiger partial charge is 0.129 e. The lowest BCUT2D eigenvalue weighted by Gasteiger charge is -2.07. The summed E-state index contributed by atoms with van der Waals surface area (Å²) in [7, 11) is 0. The lowest BCUT2D eigenvalue weighted by molar-refractivity contribution is 0.481. The SMILES string of the molecule is Fc1ccc(Oc2ccc3ncn(C4CC4)c3c2)cc1. The maximum atomic E-state index is 12.9. The van der Waals surface area contributed by atoms with Crippen LogP contribution in [0.25, 0.3) is 11.0 Å². The second kappa shape index (κ2) is 4.34. The molecular formula is C16H13FN2O. The fourth-order valence-electron chi connectivity index (χ4n) is 2.35. The van der Waals surface area contributed by atoms with Gasteiger partial charge in [-0.15, -0.1) is 0 Å². The number of halogens is 1. The highest BCUT2D eigenvalue weighted by Gasteiger charge is 2.24. The minimum Gasteiger partial charge on any atom is -0.457 e. The van der Waals surface area contributed by atoms with Crippen molar-refractivity contribution >= 4 is 11.0 Å². The summed E-state index contributed by atoms with van der Waals surface area (Å²) in [5.74, 6) is 1.11. The van der Waals surface area contributed by atoms with Crippen LogP contribution in [0.1, 0.15) is 18.9 Å². The third kappa shape index (κ3) is 2.03. The van der Waals surface area contributed by atoms with E-state index in [0.29, 0.717) is 11.8 Å². The van der Waals surface area contributed by atoms with Crippen molar-refractivity contribution in [3.05, 3.63) is 54.6 Å². The van der Waals surface area contributed by atoms with E-state index in [2.05, 4.69) is 9.55 Å². The summed E-state index contributed by atoms with van der Waals surface area (Å²) in [4.78, 5) is 4.40. The summed E-state index contributed by atoms with van der Waals surface area (Å²) in [6, 6.07) is 12.4. The molecule has 0 atom stereocenters. The second-order valence-corrected chi connectivity index (χ2v) is 5.09. The molecule has 4 heteroatoms. The molecule has 100 valence electrons. The van der Waals surface area contributed by atoms with Gasteiger partial charge in [0.05, 0.1) is 17.4 Å². The van der Waals surface area contributed by atoms with E-state index in [4.69, 9.17) is 4.74 Å². The molecule has 1 saturated carbocycles. The number of nitrogens with zero attached hydrogens (tertiary/aromatic N) is 2. The van der Waals surface area contributed by atoms with Gasteiger partial charge in [0.15, 0.2) is 0 Å². The number of imidazole rings is 1. The maximum Gasteiger partial charge on any atom is 0.129 e. The van der Waals surface area contributed by atoms with Crippen molar-refractivity contribution in [3.63, 3.8) is 0 Å². The monoisotopic (exact) mass is 268 g/mol. The number of hydrogen-bond donors (Lipinski definition) is 0. The summed E-state index contributed by atoms with van der Waals surface area (Å²) >= 11 is 0. The van der Waals surface area contributed by atoms with Crippen LogP contribution in [0.2, 0.25) is 0 Å². The predicted molar refractivity (Wildman–Crippen MR) is 74.5 cm³/mol. The molecule has 2 aromatic carbocycles. The zero-order chi connectivity index (χ0) is 13.5. The van der Waals surface area contributed by atoms with E-state index in [9.17, 15) is 4.39 Å². The van der Waals surface area contributed by atoms with Crippen LogP contribution in [0.4, 0.5) is 4.39 Å². The third-order valence-electron chi connectivity index (χ3n) is 3.54. The fourth-order valence-corrected chi connectivity index (χ4v) is 2.35. The highest BCUT2D eigenvalue weighted by Crippen LogP contribution is 2.38. The third-order valence-corrected chi connectivity index (χ3v) is 3.54. The maximum absolute atomic E-state index is 12.9. The van der Waals surface area contributed by atoms with E-state index in [-0.39, 0.29) is 5.82 Å². The number of aromatic nitrogens is 2. The van der Waals surface area contributed by atoms with Crippen molar-refractivity contribution in [2.75, 3.05) is 0 Å². The molecule has 20 heavy (non-hydrogen) atoms. The van der Waals surface area contributed by atoms with Crippen LogP contribution in [0.3, 0.4) is 0 Å². The molecule has 0 aliphatic heterocycles. The Bertz CT molecular complexity index is 760. The molecule has 1 aromatic heterocycles. The molecule has 0 spiro atoms. The topological polar surface area (TPSA) is 27.1 Å². The van der Waals surface area contributed by atoms with Gasteiger partial charge < -0.3 is 9.30 Å². The van der Waals surface area contributed by atoms with Gasteiger partial charge in [0.25, 0.3) is 0 Å². The highest BCUT2D eigenvalue weighted by molar-refractivity contribution is 5.77. The molecule has 3 aromatic rings. The van der Waals surface area contributed by atoms with Crippen LogP contribution in [0.15, 0.2) is 48.8 Å². The molecule has 0 bridgehead atoms. The Morgan fingerprint density at radius 1 is 1.05 bits per heavy atom. The number of rotatable bonds is 3. The largest absolute Gasteiger partial charge is 0.457 e. The van der Waals surface area contributed by atoms with Gasteiger partial charge in [-0.3, -0.25) is 0 Å². The lowest BCUT2D eigenvalue weighted by Crippen LogP contribution is -1.91. The van der Waals surface area contributed by atoms with Crippen LogP contribution in [0.5, 0.6) is 11.5 Å². The van der Waals surface area contributed by atoms with Crippen molar-refractivity contribution in [2.45, 2.75) is 18.9 Å². The Hall–Kier alpha value is -2.36. The van der Waals surface area contributed by atoms with E-state index in [0.717, 1.165) is 16.8 Å². The van der Waals surface area contributed by atoms with E-state index in [1.165, 1.54) is 25.0 Å².